The van der Waals surface area contributed by atoms with Gasteiger partial charge in [0.2, 0.25) is 0 Å². The molecule has 0 aliphatic rings. The van der Waals surface area contributed by atoms with Gasteiger partial charge in [-0.15, -0.1) is 0 Å². The van der Waals surface area contributed by atoms with Crippen molar-refractivity contribution in [2.24, 2.45) is 0 Å². The molecule has 0 spiro atoms. The summed E-state index contributed by atoms with van der Waals surface area (Å²) in [4.78, 5) is 11.9. The van der Waals surface area contributed by atoms with Crippen molar-refractivity contribution in [3.05, 3.63) is 36.0 Å². The summed E-state index contributed by atoms with van der Waals surface area (Å²) in [6.07, 6.45) is 3.09. The average molecular weight is 248 g/mol. The minimum absolute atomic E-state index is 0.207. The maximum atomic E-state index is 11.9. The molecule has 0 fully saturated rings. The molecular weight excluding hydrogens is 232 g/mol. The summed E-state index contributed by atoms with van der Waals surface area (Å²) in [5.41, 5.74) is 1.19. The predicted octanol–water partition coefficient (Wildman–Crippen LogP) is 3.84. The molecular formula is C14H16O4. The van der Waals surface area contributed by atoms with Gasteiger partial charge in [-0.1, -0.05) is 13.8 Å². The van der Waals surface area contributed by atoms with E-state index in [0.717, 1.165) is 11.3 Å². The van der Waals surface area contributed by atoms with E-state index in [0.29, 0.717) is 17.9 Å². The minimum atomic E-state index is -0.371. The summed E-state index contributed by atoms with van der Waals surface area (Å²) in [5.74, 6) is 1.10. The molecule has 0 aromatic carbocycles. The van der Waals surface area contributed by atoms with Crippen molar-refractivity contribution in [1.82, 2.24) is 0 Å². The maximum Gasteiger partial charge on any atom is 0.342 e. The smallest absolute Gasteiger partial charge is 0.342 e. The third kappa shape index (κ3) is 2.32. The van der Waals surface area contributed by atoms with Gasteiger partial charge in [-0.25, -0.2) is 4.79 Å². The molecule has 0 unspecified atom stereocenters. The number of hydrogen-bond acceptors (Lipinski definition) is 4. The Balaban J connectivity index is 2.46. The van der Waals surface area contributed by atoms with Crippen molar-refractivity contribution in [3.63, 3.8) is 0 Å². The maximum absolute atomic E-state index is 11.9. The van der Waals surface area contributed by atoms with Crippen LogP contribution in [0.1, 0.15) is 42.8 Å². The van der Waals surface area contributed by atoms with Gasteiger partial charge in [-0.2, -0.15) is 0 Å². The fourth-order valence-electron chi connectivity index (χ4n) is 1.66. The molecule has 0 radical (unpaired) electrons. The van der Waals surface area contributed by atoms with Crippen LogP contribution in [0, 0.1) is 0 Å². The van der Waals surface area contributed by atoms with Crippen LogP contribution in [0.25, 0.3) is 11.3 Å². The van der Waals surface area contributed by atoms with Crippen molar-refractivity contribution in [1.29, 1.82) is 0 Å². The summed E-state index contributed by atoms with van der Waals surface area (Å²) < 4.78 is 15.8. The molecule has 4 heteroatoms. The van der Waals surface area contributed by atoms with Crippen LogP contribution in [-0.2, 0) is 4.74 Å². The lowest BCUT2D eigenvalue weighted by atomic mass is 10.1. The predicted molar refractivity (Wildman–Crippen MR) is 66.5 cm³/mol. The SMILES string of the molecule is CCOC(=O)c1cc(C(C)C)oc1-c1ccoc1. The molecule has 2 aromatic rings. The Morgan fingerprint density at radius 3 is 2.78 bits per heavy atom. The third-order valence-electron chi connectivity index (χ3n) is 2.60. The molecule has 0 saturated heterocycles. The van der Waals surface area contributed by atoms with E-state index in [1.165, 1.54) is 0 Å². The monoisotopic (exact) mass is 248 g/mol. The standard InChI is InChI=1S/C14H16O4/c1-4-17-14(15)11-7-12(9(2)3)18-13(11)10-5-6-16-8-10/h5-9H,4H2,1-3H3. The van der Waals surface area contributed by atoms with E-state index in [2.05, 4.69) is 0 Å². The first-order valence-corrected chi connectivity index (χ1v) is 5.97. The summed E-state index contributed by atoms with van der Waals surface area (Å²) >= 11 is 0. The highest BCUT2D eigenvalue weighted by Gasteiger charge is 2.22. The van der Waals surface area contributed by atoms with E-state index in [9.17, 15) is 4.79 Å². The quantitative estimate of drug-likeness (QED) is 0.771. The molecule has 0 amide bonds. The van der Waals surface area contributed by atoms with Crippen LogP contribution >= 0.6 is 0 Å². The normalized spacial score (nSPS) is 10.9. The Labute approximate surface area is 106 Å². The number of furan rings is 2. The van der Waals surface area contributed by atoms with Gasteiger partial charge in [0.25, 0.3) is 0 Å². The Kier molecular flexibility index (Phi) is 3.55. The number of carbonyl (C=O) groups excluding carboxylic acids is 1. The first-order valence-electron chi connectivity index (χ1n) is 5.97. The molecule has 0 saturated carbocycles. The largest absolute Gasteiger partial charge is 0.472 e. The Hall–Kier alpha value is -1.97. The van der Waals surface area contributed by atoms with Crippen LogP contribution in [0.4, 0.5) is 0 Å². The van der Waals surface area contributed by atoms with Crippen molar-refractivity contribution in [3.8, 4) is 11.3 Å². The van der Waals surface area contributed by atoms with Gasteiger partial charge in [0.05, 0.1) is 18.4 Å². The number of esters is 1. The van der Waals surface area contributed by atoms with Gasteiger partial charge in [0, 0.05) is 5.92 Å². The molecule has 0 atom stereocenters. The van der Waals surface area contributed by atoms with Crippen molar-refractivity contribution >= 4 is 5.97 Å². The lowest BCUT2D eigenvalue weighted by Crippen LogP contribution is -2.04. The molecule has 18 heavy (non-hydrogen) atoms. The molecule has 0 bridgehead atoms. The van der Waals surface area contributed by atoms with E-state index < -0.39 is 0 Å². The summed E-state index contributed by atoms with van der Waals surface area (Å²) in [6.45, 7) is 6.13. The molecule has 2 rings (SSSR count). The summed E-state index contributed by atoms with van der Waals surface area (Å²) in [6, 6.07) is 3.50. The van der Waals surface area contributed by atoms with Crippen LogP contribution in [0.3, 0.4) is 0 Å². The number of rotatable bonds is 4. The number of carbonyl (C=O) groups is 1. The zero-order valence-corrected chi connectivity index (χ0v) is 10.7. The molecule has 4 nitrogen and oxygen atoms in total. The van der Waals surface area contributed by atoms with Crippen molar-refractivity contribution in [2.45, 2.75) is 26.7 Å². The van der Waals surface area contributed by atoms with E-state index in [-0.39, 0.29) is 11.9 Å². The number of ether oxygens (including phenoxy) is 1. The van der Waals surface area contributed by atoms with Crippen LogP contribution < -0.4 is 0 Å². The van der Waals surface area contributed by atoms with Crippen LogP contribution in [0.5, 0.6) is 0 Å². The van der Waals surface area contributed by atoms with Crippen LogP contribution in [0.15, 0.2) is 33.5 Å². The number of hydrogen-bond donors (Lipinski definition) is 0. The molecule has 96 valence electrons. The van der Waals surface area contributed by atoms with E-state index in [4.69, 9.17) is 13.6 Å². The second-order valence-corrected chi connectivity index (χ2v) is 4.28. The molecule has 0 aliphatic heterocycles. The molecule has 0 N–H and O–H groups in total. The van der Waals surface area contributed by atoms with Gasteiger partial charge in [-0.3, -0.25) is 0 Å². The first kappa shape index (κ1) is 12.5. The zero-order chi connectivity index (χ0) is 13.1. The Morgan fingerprint density at radius 2 is 2.22 bits per heavy atom. The third-order valence-corrected chi connectivity index (χ3v) is 2.60. The molecule has 2 heterocycles. The fraction of sp³-hybridized carbons (Fsp3) is 0.357. The minimum Gasteiger partial charge on any atom is -0.472 e. The van der Waals surface area contributed by atoms with Gasteiger partial charge in [-0.05, 0) is 19.1 Å². The Bertz CT molecular complexity index is 520. The Morgan fingerprint density at radius 1 is 1.44 bits per heavy atom. The highest BCUT2D eigenvalue weighted by Crippen LogP contribution is 2.31. The van der Waals surface area contributed by atoms with Crippen LogP contribution in [-0.4, -0.2) is 12.6 Å². The van der Waals surface area contributed by atoms with E-state index in [1.807, 2.05) is 13.8 Å². The lowest BCUT2D eigenvalue weighted by molar-refractivity contribution is 0.0527. The van der Waals surface area contributed by atoms with Gasteiger partial charge >= 0.3 is 5.97 Å². The topological polar surface area (TPSA) is 52.6 Å². The zero-order valence-electron chi connectivity index (χ0n) is 10.7. The second kappa shape index (κ2) is 5.12. The highest BCUT2D eigenvalue weighted by atomic mass is 16.5. The molecule has 2 aromatic heterocycles. The van der Waals surface area contributed by atoms with Crippen molar-refractivity contribution in [2.75, 3.05) is 6.61 Å². The second-order valence-electron chi connectivity index (χ2n) is 4.28. The van der Waals surface area contributed by atoms with Crippen LogP contribution in [0.2, 0.25) is 0 Å². The average Bonchev–Trinajstić information content (AvgIpc) is 2.98. The van der Waals surface area contributed by atoms with E-state index >= 15 is 0 Å². The van der Waals surface area contributed by atoms with E-state index in [1.54, 1.807) is 31.6 Å². The first-order chi connectivity index (χ1) is 8.63. The lowest BCUT2D eigenvalue weighted by Gasteiger charge is -2.00. The fourth-order valence-corrected chi connectivity index (χ4v) is 1.66. The van der Waals surface area contributed by atoms with Gasteiger partial charge in [0.15, 0.2) is 5.76 Å². The van der Waals surface area contributed by atoms with Gasteiger partial charge in [0.1, 0.15) is 17.6 Å². The summed E-state index contributed by atoms with van der Waals surface area (Å²) in [7, 11) is 0. The summed E-state index contributed by atoms with van der Waals surface area (Å²) in [5, 5.41) is 0. The highest BCUT2D eigenvalue weighted by molar-refractivity contribution is 5.96. The van der Waals surface area contributed by atoms with Crippen molar-refractivity contribution < 1.29 is 18.4 Å². The van der Waals surface area contributed by atoms with Gasteiger partial charge < -0.3 is 13.6 Å². The molecule has 0 aliphatic carbocycles.